The first-order chi connectivity index (χ1) is 13.0. The number of fused-ring (bicyclic) bond motifs is 3. The van der Waals surface area contributed by atoms with Crippen molar-refractivity contribution < 1.29 is 19.7 Å². The zero-order chi connectivity index (χ0) is 20.9. The normalized spacial score (nSPS) is 11.9. The number of benzene rings is 2. The molecule has 0 aliphatic heterocycles. The van der Waals surface area contributed by atoms with Gasteiger partial charge in [0.2, 0.25) is 0 Å². The maximum absolute atomic E-state index is 11.6. The summed E-state index contributed by atoms with van der Waals surface area (Å²) in [6, 6.07) is 3.70. The van der Waals surface area contributed by atoms with Crippen molar-refractivity contribution in [3.8, 4) is 11.1 Å². The van der Waals surface area contributed by atoms with E-state index in [9.17, 15) is 40.5 Å². The van der Waals surface area contributed by atoms with Crippen LogP contribution in [0.5, 0.6) is 0 Å². The number of nitro benzene ring substituents is 4. The van der Waals surface area contributed by atoms with Crippen molar-refractivity contribution in [2.75, 3.05) is 12.5 Å². The van der Waals surface area contributed by atoms with Crippen molar-refractivity contribution in [3.63, 3.8) is 0 Å². The van der Waals surface area contributed by atoms with E-state index in [1.807, 2.05) is 0 Å². The molecule has 3 rings (SSSR count). The zero-order valence-corrected chi connectivity index (χ0v) is 15.1. The van der Waals surface area contributed by atoms with Gasteiger partial charge in [-0.15, -0.1) is 0 Å². The highest BCUT2D eigenvalue weighted by Gasteiger charge is 2.40. The van der Waals surface area contributed by atoms with E-state index in [0.29, 0.717) is 4.86 Å². The van der Waals surface area contributed by atoms with Crippen LogP contribution in [0.25, 0.3) is 11.1 Å². The van der Waals surface area contributed by atoms with E-state index in [1.165, 1.54) is 0 Å². The second-order valence-electron chi connectivity index (χ2n) is 5.95. The number of non-ortho nitro benzene ring substituents is 2. The molecule has 0 amide bonds. The van der Waals surface area contributed by atoms with Crippen LogP contribution in [0.15, 0.2) is 24.3 Å². The summed E-state index contributed by atoms with van der Waals surface area (Å²) in [5.41, 5.74) is -2.48. The smallest absolute Gasteiger partial charge is 0.258 e. The quantitative estimate of drug-likeness (QED) is 0.360. The third kappa shape index (κ3) is 2.77. The average Bonchev–Trinajstić information content (AvgIpc) is 2.93. The highest BCUT2D eigenvalue weighted by molar-refractivity contribution is 8.15. The SMILES string of the molecule is CS(C)=C1c2cc([N+](=O)[O-])cc([N+](=O)[O-])c2-c2c1cc([N+](=O)[O-])cc2[N+](=O)[O-]. The molecule has 0 N–H and O–H groups in total. The third-order valence-corrected chi connectivity index (χ3v) is 5.42. The average molecular weight is 406 g/mol. The summed E-state index contributed by atoms with van der Waals surface area (Å²) in [6.07, 6.45) is 3.42. The van der Waals surface area contributed by atoms with Gasteiger partial charge in [0.25, 0.3) is 22.7 Å². The van der Waals surface area contributed by atoms with Gasteiger partial charge in [0.1, 0.15) is 0 Å². The van der Waals surface area contributed by atoms with Crippen LogP contribution in [0.3, 0.4) is 0 Å². The molecule has 0 atom stereocenters. The van der Waals surface area contributed by atoms with Crippen LogP contribution in [0.2, 0.25) is 0 Å². The minimum absolute atomic E-state index is 0.104. The van der Waals surface area contributed by atoms with Gasteiger partial charge in [-0.25, -0.2) is 0 Å². The van der Waals surface area contributed by atoms with Gasteiger partial charge < -0.3 is 0 Å². The highest BCUT2D eigenvalue weighted by atomic mass is 32.2. The Balaban J connectivity index is 2.58. The van der Waals surface area contributed by atoms with E-state index in [0.717, 1.165) is 24.3 Å². The fraction of sp³-hybridized carbons (Fsp3) is 0.133. The minimum Gasteiger partial charge on any atom is -0.258 e. The van der Waals surface area contributed by atoms with Crippen LogP contribution in [-0.4, -0.2) is 37.1 Å². The van der Waals surface area contributed by atoms with Crippen molar-refractivity contribution >= 4 is 38.1 Å². The van der Waals surface area contributed by atoms with Crippen molar-refractivity contribution in [3.05, 3.63) is 75.8 Å². The van der Waals surface area contributed by atoms with Gasteiger partial charge in [0.05, 0.1) is 43.0 Å². The number of rotatable bonds is 4. The van der Waals surface area contributed by atoms with Crippen LogP contribution < -0.4 is 0 Å². The zero-order valence-electron chi connectivity index (χ0n) is 14.3. The Morgan fingerprint density at radius 2 is 1.00 bits per heavy atom. The lowest BCUT2D eigenvalue weighted by Gasteiger charge is -2.06. The fourth-order valence-corrected chi connectivity index (χ4v) is 4.39. The van der Waals surface area contributed by atoms with Gasteiger partial charge in [-0.2, -0.15) is 10.5 Å². The molecule has 28 heavy (non-hydrogen) atoms. The summed E-state index contributed by atoms with van der Waals surface area (Å²) >= 11 is 0. The molecule has 0 spiro atoms. The molecule has 13 heteroatoms. The standard InChI is InChI=1S/C15H10N4O8S/c1-28(2)15-9-3-7(16(20)21)5-11(18(24)25)13(9)14-10(15)4-8(17(22)23)6-12(14)19(26)27/h3-6H,1-2H3. The van der Waals surface area contributed by atoms with Crippen LogP contribution in [0.1, 0.15) is 11.1 Å². The predicted octanol–water partition coefficient (Wildman–Crippen LogP) is 3.40. The van der Waals surface area contributed by atoms with Crippen LogP contribution >= 0.6 is 10.5 Å². The molecule has 0 fully saturated rings. The molecule has 2 aromatic rings. The number of hydrogen-bond donors (Lipinski definition) is 0. The van der Waals surface area contributed by atoms with Gasteiger partial charge in [-0.05, 0) is 12.5 Å². The largest absolute Gasteiger partial charge is 0.284 e. The molecular formula is C15H10N4O8S. The Bertz CT molecular complexity index is 1070. The molecular weight excluding hydrogens is 396 g/mol. The Kier molecular flexibility index (Phi) is 4.39. The molecule has 1 aliphatic carbocycles. The molecule has 0 heterocycles. The molecule has 1 aliphatic rings. The summed E-state index contributed by atoms with van der Waals surface area (Å²) < 4.78 is 0. The molecule has 0 radical (unpaired) electrons. The molecule has 2 aromatic carbocycles. The molecule has 0 aromatic heterocycles. The van der Waals surface area contributed by atoms with Gasteiger partial charge in [-0.1, -0.05) is 0 Å². The Morgan fingerprint density at radius 3 is 1.25 bits per heavy atom. The summed E-state index contributed by atoms with van der Waals surface area (Å²) in [7, 11) is -0.673. The topological polar surface area (TPSA) is 173 Å². The third-order valence-electron chi connectivity index (χ3n) is 4.17. The second-order valence-corrected chi connectivity index (χ2v) is 7.99. The first-order valence-electron chi connectivity index (χ1n) is 7.44. The lowest BCUT2D eigenvalue weighted by atomic mass is 10.0. The Labute approximate surface area is 157 Å². The van der Waals surface area contributed by atoms with Crippen LogP contribution in [0.4, 0.5) is 22.7 Å². The number of nitrogens with zero attached hydrogens (tertiary/aromatic N) is 4. The Hall–Kier alpha value is -3.74. The highest BCUT2D eigenvalue weighted by Crippen LogP contribution is 2.51. The summed E-state index contributed by atoms with van der Waals surface area (Å²) in [6.45, 7) is 0. The summed E-state index contributed by atoms with van der Waals surface area (Å²) in [5.74, 6) is 0. The van der Waals surface area contributed by atoms with E-state index in [-0.39, 0.29) is 22.3 Å². The maximum Gasteiger partial charge on any atom is 0.284 e. The lowest BCUT2D eigenvalue weighted by molar-refractivity contribution is -0.395. The van der Waals surface area contributed by atoms with E-state index in [2.05, 4.69) is 0 Å². The first-order valence-corrected chi connectivity index (χ1v) is 9.48. The number of nitro groups is 4. The van der Waals surface area contributed by atoms with Gasteiger partial charge >= 0.3 is 0 Å². The number of hydrogen-bond acceptors (Lipinski definition) is 8. The molecule has 0 bridgehead atoms. The van der Waals surface area contributed by atoms with Crippen molar-refractivity contribution in [2.45, 2.75) is 0 Å². The molecule has 0 saturated carbocycles. The summed E-state index contributed by atoms with van der Waals surface area (Å²) in [5, 5.41) is 45.6. The van der Waals surface area contributed by atoms with Gasteiger partial charge in [0, 0.05) is 28.1 Å². The maximum atomic E-state index is 11.6. The van der Waals surface area contributed by atoms with Gasteiger partial charge in [-0.3, -0.25) is 40.5 Å². The van der Waals surface area contributed by atoms with E-state index in [4.69, 9.17) is 0 Å². The van der Waals surface area contributed by atoms with Crippen molar-refractivity contribution in [1.82, 2.24) is 0 Å². The molecule has 0 saturated heterocycles. The molecule has 12 nitrogen and oxygen atoms in total. The minimum atomic E-state index is -0.854. The molecule has 0 unspecified atom stereocenters. The summed E-state index contributed by atoms with van der Waals surface area (Å²) in [4.78, 5) is 42.7. The van der Waals surface area contributed by atoms with E-state index < -0.39 is 52.9 Å². The van der Waals surface area contributed by atoms with Crippen molar-refractivity contribution in [1.29, 1.82) is 0 Å². The van der Waals surface area contributed by atoms with E-state index in [1.54, 1.807) is 12.5 Å². The predicted molar refractivity (Wildman–Crippen MR) is 101 cm³/mol. The lowest BCUT2D eigenvalue weighted by Crippen LogP contribution is -2.02. The van der Waals surface area contributed by atoms with Crippen LogP contribution in [0, 0.1) is 40.5 Å². The Morgan fingerprint density at radius 1 is 0.643 bits per heavy atom. The van der Waals surface area contributed by atoms with Gasteiger partial charge in [0.15, 0.2) is 0 Å². The first kappa shape index (κ1) is 19.0. The van der Waals surface area contributed by atoms with E-state index >= 15 is 0 Å². The van der Waals surface area contributed by atoms with Crippen molar-refractivity contribution in [2.24, 2.45) is 0 Å². The monoisotopic (exact) mass is 406 g/mol. The fourth-order valence-electron chi connectivity index (χ4n) is 3.19. The molecule has 144 valence electrons. The van der Waals surface area contributed by atoms with Crippen LogP contribution in [-0.2, 0) is 0 Å². The second kappa shape index (κ2) is 6.45.